The van der Waals surface area contributed by atoms with Crippen molar-refractivity contribution in [1.82, 2.24) is 0 Å². The van der Waals surface area contributed by atoms with Crippen LogP contribution in [-0.2, 0) is 4.57 Å². The molecule has 0 saturated carbocycles. The van der Waals surface area contributed by atoms with Gasteiger partial charge in [0.15, 0.2) is 7.14 Å². The summed E-state index contributed by atoms with van der Waals surface area (Å²) in [7, 11) is -3.44. The van der Waals surface area contributed by atoms with E-state index in [4.69, 9.17) is 0 Å². The van der Waals surface area contributed by atoms with E-state index in [1.807, 2.05) is 0 Å². The minimum Gasteiger partial charge on any atom is -0.309 e. The van der Waals surface area contributed by atoms with Gasteiger partial charge in [-0.1, -0.05) is 346 Å². The number of fused-ring (bicyclic) bond motifs is 6. The average Bonchev–Trinajstić information content (AvgIpc) is 1.99. The van der Waals surface area contributed by atoms with Crippen molar-refractivity contribution in [2.24, 2.45) is 0 Å². The predicted molar refractivity (Wildman–Crippen MR) is 373 cm³/mol. The van der Waals surface area contributed by atoms with E-state index in [0.717, 1.165) is 32.6 Å². The fourth-order valence-electron chi connectivity index (χ4n) is 13.1. The minimum atomic E-state index is -3.44. The summed E-state index contributed by atoms with van der Waals surface area (Å²) in [5.74, 6) is 0. The highest BCUT2D eigenvalue weighted by Crippen LogP contribution is 2.46. The maximum atomic E-state index is 16.6. The fourth-order valence-corrected chi connectivity index (χ4v) is 15.7. The van der Waals surface area contributed by atoms with Crippen LogP contribution in [0.1, 0.15) is 33.4 Å². The molecular weight excluding hydrogens is 1060 g/mol. The van der Waals surface area contributed by atoms with Gasteiger partial charge in [-0.15, -0.1) is 0 Å². The first-order chi connectivity index (χ1) is 42.6. The van der Waals surface area contributed by atoms with Gasteiger partial charge in [0.05, 0.1) is 0 Å². The van der Waals surface area contributed by atoms with Crippen LogP contribution in [0.15, 0.2) is 309 Å². The molecule has 0 spiro atoms. The fraction of sp³-hybridized carbons (Fsp3) is 0. The highest BCUT2D eigenvalue weighted by molar-refractivity contribution is 7.85. The Morgan fingerprint density at radius 3 is 0.581 bits per heavy atom. The molecule has 0 bridgehead atoms. The van der Waals surface area contributed by atoms with Crippen molar-refractivity contribution in [2.75, 3.05) is 0 Å². The molecule has 0 saturated heterocycles. The summed E-state index contributed by atoms with van der Waals surface area (Å²) in [4.78, 5) is 0. The van der Waals surface area contributed by atoms with Gasteiger partial charge in [0.1, 0.15) is 0 Å². The lowest BCUT2D eigenvalue weighted by Gasteiger charge is -2.21. The van der Waals surface area contributed by atoms with Gasteiger partial charge in [-0.3, -0.25) is 0 Å². The second-order valence-electron chi connectivity index (χ2n) is 22.1. The number of benzene rings is 15. The van der Waals surface area contributed by atoms with Crippen molar-refractivity contribution < 1.29 is 4.57 Å². The van der Waals surface area contributed by atoms with Gasteiger partial charge in [-0.2, -0.15) is 0 Å². The van der Waals surface area contributed by atoms with Crippen LogP contribution in [0, 0.1) is 0 Å². The van der Waals surface area contributed by atoms with Crippen molar-refractivity contribution in [3.63, 3.8) is 0 Å². The summed E-state index contributed by atoms with van der Waals surface area (Å²) < 4.78 is 16.6. The third-order valence-electron chi connectivity index (χ3n) is 17.2. The SMILES string of the molecule is O=P(c1ccc(/C=C/c2c3ccccc3c(-c3ccccc3)c3ccccc23)cc1)(c1ccc(/C=C/c2c3ccccc3c(-c3ccccc3)c3ccccc23)cc1)c1ccc(/C=C/c2c3ccccc3c(-c3ccccc3)c3ccccc23)cc1. The Balaban J connectivity index is 0.806. The lowest BCUT2D eigenvalue weighted by molar-refractivity contribution is 0.592. The highest BCUT2D eigenvalue weighted by atomic mass is 31.2. The monoisotopic (exact) mass is 1110 g/mol. The van der Waals surface area contributed by atoms with Gasteiger partial charge in [0, 0.05) is 15.9 Å². The first-order valence-corrected chi connectivity index (χ1v) is 31.2. The number of hydrogen-bond acceptors (Lipinski definition) is 1. The standard InChI is InChI=1S/C84H57OP/c85-86(64-49-40-58(41-50-64)46-55-73-67-28-10-16-34-76(67)82(61-22-4-1-5-23-61)77-35-17-11-29-68(73)77,65-51-42-59(43-52-65)47-56-74-69-30-12-18-36-78(69)83(62-24-6-2-7-25-62)79-37-19-13-31-70(74)79)66-53-44-60(45-54-66)48-57-75-71-32-14-20-38-80(71)84(63-26-8-3-9-27-63)81-39-21-15-33-72(75)81/h1-57H/b55-46+,56-47+,57-48+. The van der Waals surface area contributed by atoms with Gasteiger partial charge in [-0.05, 0) is 131 Å². The largest absolute Gasteiger partial charge is 0.309 e. The van der Waals surface area contributed by atoms with Crippen LogP contribution >= 0.6 is 7.14 Å². The third-order valence-corrected chi connectivity index (χ3v) is 20.3. The molecule has 0 unspecified atom stereocenters. The molecule has 1 nitrogen and oxygen atoms in total. The van der Waals surface area contributed by atoms with Crippen LogP contribution in [0.5, 0.6) is 0 Å². The van der Waals surface area contributed by atoms with Gasteiger partial charge in [0.25, 0.3) is 0 Å². The second-order valence-corrected chi connectivity index (χ2v) is 24.9. The molecule has 15 aromatic rings. The number of rotatable bonds is 12. The predicted octanol–water partition coefficient (Wildman–Crippen LogP) is 21.8. The smallest absolute Gasteiger partial charge is 0.171 e. The molecule has 0 aromatic heterocycles. The van der Waals surface area contributed by atoms with Crippen molar-refractivity contribution in [3.05, 3.63) is 343 Å². The molecule has 0 atom stereocenters. The van der Waals surface area contributed by atoms with Crippen LogP contribution in [-0.4, -0.2) is 0 Å². The molecule has 0 fully saturated rings. The molecule has 0 aliphatic heterocycles. The lowest BCUT2D eigenvalue weighted by Crippen LogP contribution is -2.25. The summed E-state index contributed by atoms with van der Waals surface area (Å²) in [6.07, 6.45) is 13.3. The third kappa shape index (κ3) is 9.37. The zero-order chi connectivity index (χ0) is 57.4. The second kappa shape index (κ2) is 22.5. The van der Waals surface area contributed by atoms with Crippen LogP contribution in [0.4, 0.5) is 0 Å². The molecule has 15 rings (SSSR count). The van der Waals surface area contributed by atoms with E-state index < -0.39 is 7.14 Å². The maximum Gasteiger partial charge on any atom is 0.171 e. The first-order valence-electron chi connectivity index (χ1n) is 29.5. The maximum absolute atomic E-state index is 16.6. The van der Waals surface area contributed by atoms with Gasteiger partial charge in [0.2, 0.25) is 0 Å². The van der Waals surface area contributed by atoms with Crippen LogP contribution in [0.25, 0.3) is 134 Å². The molecule has 0 heterocycles. The Morgan fingerprint density at radius 2 is 0.372 bits per heavy atom. The first kappa shape index (κ1) is 52.1. The molecule has 0 radical (unpaired) electrons. The van der Waals surface area contributed by atoms with Gasteiger partial charge >= 0.3 is 0 Å². The highest BCUT2D eigenvalue weighted by Gasteiger charge is 2.30. The molecule has 86 heavy (non-hydrogen) atoms. The average molecular weight is 1110 g/mol. The lowest BCUT2D eigenvalue weighted by atomic mass is 9.88. The quantitative estimate of drug-likeness (QED) is 0.0677. The molecule has 0 N–H and O–H groups in total. The Hall–Kier alpha value is -10.7. The van der Waals surface area contributed by atoms with Crippen LogP contribution in [0.2, 0.25) is 0 Å². The van der Waals surface area contributed by atoms with Crippen molar-refractivity contribution >= 4 is 124 Å². The molecule has 2 heteroatoms. The Morgan fingerprint density at radius 1 is 0.186 bits per heavy atom. The van der Waals surface area contributed by atoms with Gasteiger partial charge in [-0.25, -0.2) is 0 Å². The minimum absolute atomic E-state index is 0.775. The normalized spacial score (nSPS) is 12.1. The molecular formula is C84H57OP. The summed E-state index contributed by atoms with van der Waals surface area (Å²) in [6, 6.07) is 110. The summed E-state index contributed by atoms with van der Waals surface area (Å²) >= 11 is 0. The van der Waals surface area contributed by atoms with Crippen molar-refractivity contribution in [1.29, 1.82) is 0 Å². The number of hydrogen-bond donors (Lipinski definition) is 0. The zero-order valence-corrected chi connectivity index (χ0v) is 48.2. The topological polar surface area (TPSA) is 17.1 Å². The molecule has 15 aromatic carbocycles. The van der Waals surface area contributed by atoms with Gasteiger partial charge < -0.3 is 4.57 Å². The van der Waals surface area contributed by atoms with E-state index in [1.165, 1.54) is 115 Å². The summed E-state index contributed by atoms with van der Waals surface area (Å²) in [6.45, 7) is 0. The summed E-state index contributed by atoms with van der Waals surface area (Å²) in [5.41, 5.74) is 13.9. The Bertz CT molecular complexity index is 4500. The van der Waals surface area contributed by atoms with Crippen molar-refractivity contribution in [2.45, 2.75) is 0 Å². The van der Waals surface area contributed by atoms with Crippen LogP contribution < -0.4 is 15.9 Å². The van der Waals surface area contributed by atoms with E-state index in [9.17, 15) is 0 Å². The Kier molecular flexibility index (Phi) is 13.6. The zero-order valence-electron chi connectivity index (χ0n) is 47.3. The van der Waals surface area contributed by atoms with E-state index in [0.29, 0.717) is 0 Å². The molecule has 0 aliphatic rings. The molecule has 0 amide bonds. The molecule has 0 aliphatic carbocycles. The van der Waals surface area contributed by atoms with E-state index in [2.05, 4.69) is 346 Å². The Labute approximate surface area is 501 Å². The van der Waals surface area contributed by atoms with Crippen molar-refractivity contribution in [3.8, 4) is 33.4 Å². The van der Waals surface area contributed by atoms with E-state index >= 15 is 4.57 Å². The van der Waals surface area contributed by atoms with E-state index in [-0.39, 0.29) is 0 Å². The van der Waals surface area contributed by atoms with E-state index in [1.54, 1.807) is 0 Å². The summed E-state index contributed by atoms with van der Waals surface area (Å²) in [5, 5.41) is 16.8. The van der Waals surface area contributed by atoms with Crippen LogP contribution in [0.3, 0.4) is 0 Å². The molecule has 404 valence electrons.